The summed E-state index contributed by atoms with van der Waals surface area (Å²) in [6.45, 7) is 7.04. The predicted molar refractivity (Wildman–Crippen MR) is 169 cm³/mol. The number of hydrogen-bond acceptors (Lipinski definition) is 7. The summed E-state index contributed by atoms with van der Waals surface area (Å²) in [6.07, 6.45) is 4.41. The molecule has 0 spiro atoms. The quantitative estimate of drug-likeness (QED) is 0.279. The number of carbonyl (C=O) groups excluding carboxylic acids is 3. The summed E-state index contributed by atoms with van der Waals surface area (Å²) < 4.78 is 16.4. The van der Waals surface area contributed by atoms with Crippen LogP contribution in [0.3, 0.4) is 0 Å². The number of piperidine rings is 1. The zero-order valence-corrected chi connectivity index (χ0v) is 27.6. The summed E-state index contributed by atoms with van der Waals surface area (Å²) in [7, 11) is 2.93. The lowest BCUT2D eigenvalue weighted by Crippen LogP contribution is -2.57. The molecule has 2 aliphatic rings. The molecule has 248 valence electrons. The van der Waals surface area contributed by atoms with Gasteiger partial charge >= 0.3 is 18.2 Å². The van der Waals surface area contributed by atoms with E-state index in [2.05, 4.69) is 15.4 Å². The number of benzene rings is 1. The van der Waals surface area contributed by atoms with E-state index in [-0.39, 0.29) is 43.7 Å². The van der Waals surface area contributed by atoms with Crippen molar-refractivity contribution in [1.82, 2.24) is 20.4 Å². The van der Waals surface area contributed by atoms with Crippen LogP contribution in [0.1, 0.15) is 77.4 Å². The van der Waals surface area contributed by atoms with E-state index in [1.165, 1.54) is 12.0 Å². The first-order valence-corrected chi connectivity index (χ1v) is 16.1. The summed E-state index contributed by atoms with van der Waals surface area (Å²) in [6, 6.07) is 6.53. The number of hydrogen-bond donors (Lipinski definition) is 3. The van der Waals surface area contributed by atoms with Crippen molar-refractivity contribution in [3.8, 4) is 0 Å². The third-order valence-electron chi connectivity index (χ3n) is 8.23. The summed E-state index contributed by atoms with van der Waals surface area (Å²) in [5.41, 5.74) is 0.235. The molecule has 0 bridgehead atoms. The highest BCUT2D eigenvalue weighted by molar-refractivity contribution is 6.30. The van der Waals surface area contributed by atoms with E-state index in [4.69, 9.17) is 21.1 Å². The first-order valence-electron chi connectivity index (χ1n) is 15.7. The van der Waals surface area contributed by atoms with Crippen LogP contribution in [0, 0.1) is 11.8 Å². The van der Waals surface area contributed by atoms with Crippen LogP contribution < -0.4 is 10.6 Å². The first-order chi connectivity index (χ1) is 20.9. The van der Waals surface area contributed by atoms with Gasteiger partial charge in [0.2, 0.25) is 0 Å². The van der Waals surface area contributed by atoms with Crippen molar-refractivity contribution in [1.29, 1.82) is 0 Å². The Kier molecular flexibility index (Phi) is 13.9. The minimum absolute atomic E-state index is 0.0303. The van der Waals surface area contributed by atoms with Gasteiger partial charge in [-0.1, -0.05) is 43.0 Å². The number of ether oxygens (including phenoxy) is 3. The smallest absolute Gasteiger partial charge is 0.410 e. The van der Waals surface area contributed by atoms with Gasteiger partial charge in [-0.05, 0) is 70.1 Å². The van der Waals surface area contributed by atoms with Crippen LogP contribution in [0.15, 0.2) is 24.3 Å². The Morgan fingerprint density at radius 1 is 1.11 bits per heavy atom. The maximum absolute atomic E-state index is 13.7. The van der Waals surface area contributed by atoms with Gasteiger partial charge in [-0.25, -0.2) is 14.4 Å². The summed E-state index contributed by atoms with van der Waals surface area (Å²) in [4.78, 5) is 41.2. The lowest BCUT2D eigenvalue weighted by Gasteiger charge is -2.39. The molecular weight excluding hydrogens is 588 g/mol. The molecular formula is C32H51ClN4O7. The molecule has 1 aromatic carbocycles. The molecule has 0 aromatic heterocycles. The molecule has 0 radical (unpaired) electrons. The highest BCUT2D eigenvalue weighted by Gasteiger charge is 2.36. The first kappa shape index (κ1) is 35.7. The standard InChI is InChI=1S/C32H51ClN4O7/c1-32(2,3)44-31(41)36(4)21-26(27(38)22-11-7-6-8-12-22)35-29(39)37-17-10-14-24(20-37)28(23-13-9-15-25(33)19-23)43-18-16-34-30(40)42-5/h9,13,15,19,22,24,26-28,38H,6-8,10-12,14,16-18,20-21H2,1-5H3,(H,34,40)(H,35,39)/t24-,26?,27?,28+/m1/s1. The number of halogens is 1. The van der Waals surface area contributed by atoms with E-state index in [0.29, 0.717) is 18.1 Å². The topological polar surface area (TPSA) is 130 Å². The largest absolute Gasteiger partial charge is 0.453 e. The minimum Gasteiger partial charge on any atom is -0.453 e. The van der Waals surface area contributed by atoms with Crippen LogP contribution in [-0.4, -0.2) is 97.8 Å². The molecule has 12 heteroatoms. The van der Waals surface area contributed by atoms with Crippen molar-refractivity contribution in [3.05, 3.63) is 34.9 Å². The molecule has 4 atom stereocenters. The van der Waals surface area contributed by atoms with E-state index in [9.17, 15) is 19.5 Å². The second-order valence-electron chi connectivity index (χ2n) is 12.9. The van der Waals surface area contributed by atoms with E-state index >= 15 is 0 Å². The van der Waals surface area contributed by atoms with E-state index in [0.717, 1.165) is 50.5 Å². The van der Waals surface area contributed by atoms with Crippen LogP contribution in [0.4, 0.5) is 14.4 Å². The molecule has 1 aliphatic carbocycles. The molecule has 2 unspecified atom stereocenters. The fourth-order valence-corrected chi connectivity index (χ4v) is 6.24. The second-order valence-corrected chi connectivity index (χ2v) is 13.4. The van der Waals surface area contributed by atoms with E-state index < -0.39 is 29.9 Å². The zero-order valence-electron chi connectivity index (χ0n) is 26.9. The number of alkyl carbamates (subject to hydrolysis) is 1. The Morgan fingerprint density at radius 2 is 1.82 bits per heavy atom. The maximum atomic E-state index is 13.7. The van der Waals surface area contributed by atoms with Gasteiger partial charge in [-0.2, -0.15) is 0 Å². The highest BCUT2D eigenvalue weighted by atomic mass is 35.5. The van der Waals surface area contributed by atoms with Gasteiger partial charge in [-0.15, -0.1) is 0 Å². The Labute approximate surface area is 266 Å². The summed E-state index contributed by atoms with van der Waals surface area (Å²) in [5, 5.41) is 17.7. The maximum Gasteiger partial charge on any atom is 0.410 e. The van der Waals surface area contributed by atoms with E-state index in [1.807, 2.05) is 18.2 Å². The number of likely N-dealkylation sites (N-methyl/N-ethyl adjacent to an activating group) is 1. The number of methoxy groups -OCH3 is 1. The number of nitrogens with one attached hydrogen (secondary N) is 2. The molecule has 1 aliphatic heterocycles. The molecule has 1 saturated carbocycles. The monoisotopic (exact) mass is 638 g/mol. The molecule has 2 fully saturated rings. The Morgan fingerprint density at radius 3 is 2.48 bits per heavy atom. The third kappa shape index (κ3) is 11.3. The fourth-order valence-electron chi connectivity index (χ4n) is 6.04. The van der Waals surface area contributed by atoms with Crippen LogP contribution in [0.2, 0.25) is 5.02 Å². The number of likely N-dealkylation sites (tertiary alicyclic amines) is 1. The summed E-state index contributed by atoms with van der Waals surface area (Å²) in [5.74, 6) is 0.0200. The van der Waals surface area contributed by atoms with Crippen LogP contribution >= 0.6 is 11.6 Å². The normalized spacial score (nSPS) is 19.8. The van der Waals surface area contributed by atoms with Crippen LogP contribution in [0.5, 0.6) is 0 Å². The lowest BCUT2D eigenvalue weighted by atomic mass is 9.82. The number of aliphatic hydroxyl groups is 1. The molecule has 11 nitrogen and oxygen atoms in total. The van der Waals surface area contributed by atoms with Crippen molar-refractivity contribution < 1.29 is 33.7 Å². The Balaban J connectivity index is 1.72. The Hall–Kier alpha value is -2.76. The second kappa shape index (κ2) is 17.1. The number of aliphatic hydroxyl groups excluding tert-OH is 1. The number of urea groups is 1. The van der Waals surface area contributed by atoms with Crippen LogP contribution in [0.25, 0.3) is 0 Å². The average Bonchev–Trinajstić information content (AvgIpc) is 2.99. The van der Waals surface area contributed by atoms with Crippen LogP contribution in [-0.2, 0) is 14.2 Å². The number of amides is 4. The van der Waals surface area contributed by atoms with Gasteiger partial charge in [-0.3, -0.25) is 0 Å². The SMILES string of the molecule is COC(=O)NCCO[C@@H](c1cccc(Cl)c1)[C@@H]1CCCN(C(=O)NC(CN(C)C(=O)OC(C)(C)C)C(O)C2CCCCC2)C1. The van der Waals surface area contributed by atoms with Crippen molar-refractivity contribution in [2.24, 2.45) is 11.8 Å². The molecule has 44 heavy (non-hydrogen) atoms. The lowest BCUT2D eigenvalue weighted by molar-refractivity contribution is -0.0101. The average molecular weight is 639 g/mol. The van der Waals surface area contributed by atoms with Gasteiger partial charge < -0.3 is 39.8 Å². The minimum atomic E-state index is -0.797. The van der Waals surface area contributed by atoms with Gasteiger partial charge in [0.25, 0.3) is 0 Å². The molecule has 1 saturated heterocycles. The van der Waals surface area contributed by atoms with Crippen molar-refractivity contribution >= 4 is 29.8 Å². The van der Waals surface area contributed by atoms with E-state index in [1.54, 1.807) is 38.8 Å². The molecule has 1 heterocycles. The molecule has 1 aromatic rings. The van der Waals surface area contributed by atoms with Gasteiger partial charge in [0.1, 0.15) is 5.60 Å². The zero-order chi connectivity index (χ0) is 32.3. The fraction of sp³-hybridized carbons (Fsp3) is 0.719. The summed E-state index contributed by atoms with van der Waals surface area (Å²) >= 11 is 6.31. The molecule has 3 N–H and O–H groups in total. The van der Waals surface area contributed by atoms with Gasteiger partial charge in [0, 0.05) is 44.2 Å². The van der Waals surface area contributed by atoms with Crippen molar-refractivity contribution in [2.45, 2.75) is 89.6 Å². The number of carbonyl (C=O) groups is 3. The van der Waals surface area contributed by atoms with Gasteiger partial charge in [0.05, 0.1) is 32.0 Å². The third-order valence-corrected chi connectivity index (χ3v) is 8.47. The predicted octanol–water partition coefficient (Wildman–Crippen LogP) is 5.35. The molecule has 4 amide bonds. The number of rotatable bonds is 11. The Bertz CT molecular complexity index is 1080. The van der Waals surface area contributed by atoms with Crippen molar-refractivity contribution in [2.75, 3.05) is 46.9 Å². The number of nitrogens with zero attached hydrogens (tertiary/aromatic N) is 2. The van der Waals surface area contributed by atoms with Gasteiger partial charge in [0.15, 0.2) is 0 Å². The molecule has 3 rings (SSSR count). The highest BCUT2D eigenvalue weighted by Crippen LogP contribution is 2.34. The van der Waals surface area contributed by atoms with Crippen molar-refractivity contribution in [3.63, 3.8) is 0 Å².